The molecule has 2 N–H and O–H groups in total. The van der Waals surface area contributed by atoms with Gasteiger partial charge >= 0.3 is 5.97 Å². The highest BCUT2D eigenvalue weighted by molar-refractivity contribution is 7.91. The molecular formula is C12H17NO5S2. The first-order chi connectivity index (χ1) is 9.44. The molecule has 6 nitrogen and oxygen atoms in total. The van der Waals surface area contributed by atoms with Crippen LogP contribution in [0.3, 0.4) is 0 Å². The SMILES string of the molecule is CCC1OCCC1CNS(=O)(=O)c1cc(C(=O)O)cs1. The third-order valence-electron chi connectivity index (χ3n) is 3.37. The summed E-state index contributed by atoms with van der Waals surface area (Å²) < 4.78 is 32.3. The quantitative estimate of drug-likeness (QED) is 0.829. The molecular weight excluding hydrogens is 302 g/mol. The number of carbonyl (C=O) groups is 1. The van der Waals surface area contributed by atoms with Gasteiger partial charge < -0.3 is 9.84 Å². The highest BCUT2D eigenvalue weighted by atomic mass is 32.2. The summed E-state index contributed by atoms with van der Waals surface area (Å²) in [6, 6.07) is 1.18. The van der Waals surface area contributed by atoms with Crippen molar-refractivity contribution in [3.8, 4) is 0 Å². The molecule has 0 aliphatic carbocycles. The van der Waals surface area contributed by atoms with Crippen molar-refractivity contribution in [2.75, 3.05) is 13.2 Å². The van der Waals surface area contributed by atoms with Gasteiger partial charge in [-0.25, -0.2) is 17.9 Å². The smallest absolute Gasteiger partial charge is 0.336 e. The average molecular weight is 319 g/mol. The molecule has 0 bridgehead atoms. The lowest BCUT2D eigenvalue weighted by atomic mass is 10.0. The minimum atomic E-state index is -3.64. The molecule has 1 fully saturated rings. The van der Waals surface area contributed by atoms with E-state index in [0.29, 0.717) is 13.2 Å². The molecule has 1 saturated heterocycles. The lowest BCUT2D eigenvalue weighted by Gasteiger charge is -2.16. The van der Waals surface area contributed by atoms with Gasteiger partial charge in [0.2, 0.25) is 10.0 Å². The first-order valence-corrected chi connectivity index (χ1v) is 8.73. The summed E-state index contributed by atoms with van der Waals surface area (Å²) in [5.41, 5.74) is -0.00832. The molecule has 1 aliphatic rings. The van der Waals surface area contributed by atoms with Gasteiger partial charge in [0.15, 0.2) is 0 Å². The summed E-state index contributed by atoms with van der Waals surface area (Å²) in [7, 11) is -3.64. The molecule has 1 aromatic heterocycles. The zero-order valence-corrected chi connectivity index (χ0v) is 12.7. The van der Waals surface area contributed by atoms with Gasteiger partial charge in [-0.1, -0.05) is 6.92 Å². The zero-order valence-electron chi connectivity index (χ0n) is 11.0. The fourth-order valence-corrected chi connectivity index (χ4v) is 4.53. The van der Waals surface area contributed by atoms with Crippen molar-refractivity contribution in [2.24, 2.45) is 5.92 Å². The van der Waals surface area contributed by atoms with Gasteiger partial charge in [0, 0.05) is 24.4 Å². The van der Waals surface area contributed by atoms with Crippen LogP contribution >= 0.6 is 11.3 Å². The number of rotatable bonds is 6. The Morgan fingerprint density at radius 2 is 2.35 bits per heavy atom. The second-order valence-electron chi connectivity index (χ2n) is 4.68. The molecule has 1 aliphatic heterocycles. The van der Waals surface area contributed by atoms with Crippen molar-refractivity contribution in [1.82, 2.24) is 4.72 Å². The van der Waals surface area contributed by atoms with Crippen molar-refractivity contribution >= 4 is 27.3 Å². The number of hydrogen-bond acceptors (Lipinski definition) is 5. The Kier molecular flexibility index (Phi) is 4.79. The summed E-state index contributed by atoms with van der Waals surface area (Å²) >= 11 is 0.911. The monoisotopic (exact) mass is 319 g/mol. The van der Waals surface area contributed by atoms with Crippen molar-refractivity contribution in [1.29, 1.82) is 0 Å². The standard InChI is InChI=1S/C12H17NO5S2/c1-2-10-8(3-4-18-10)6-13-20(16,17)11-5-9(7-19-11)12(14)15/h5,7-8,10,13H,2-4,6H2,1H3,(H,14,15). The number of thiophene rings is 1. The maximum Gasteiger partial charge on any atom is 0.336 e. The molecule has 0 aromatic carbocycles. The number of ether oxygens (including phenoxy) is 1. The van der Waals surface area contributed by atoms with Gasteiger partial charge in [0.05, 0.1) is 11.7 Å². The third-order valence-corrected chi connectivity index (χ3v) is 6.23. The largest absolute Gasteiger partial charge is 0.478 e. The molecule has 2 atom stereocenters. The minimum Gasteiger partial charge on any atom is -0.478 e. The van der Waals surface area contributed by atoms with E-state index >= 15 is 0 Å². The van der Waals surface area contributed by atoms with Crippen LogP contribution in [0.5, 0.6) is 0 Å². The Balaban J connectivity index is 2.01. The Hall–Kier alpha value is -0.960. The van der Waals surface area contributed by atoms with Crippen LogP contribution in [0.2, 0.25) is 0 Å². The second kappa shape index (κ2) is 6.21. The number of carboxylic acids is 1. The van der Waals surface area contributed by atoms with Crippen molar-refractivity contribution in [3.05, 3.63) is 17.0 Å². The molecule has 0 saturated carbocycles. The fraction of sp³-hybridized carbons (Fsp3) is 0.583. The van der Waals surface area contributed by atoms with Crippen LogP contribution in [0.25, 0.3) is 0 Å². The molecule has 1 aromatic rings. The van der Waals surface area contributed by atoms with E-state index in [1.807, 2.05) is 6.92 Å². The highest BCUT2D eigenvalue weighted by Gasteiger charge is 2.28. The van der Waals surface area contributed by atoms with Crippen LogP contribution in [0.15, 0.2) is 15.7 Å². The van der Waals surface area contributed by atoms with Crippen LogP contribution in [0.1, 0.15) is 30.1 Å². The zero-order chi connectivity index (χ0) is 14.8. The first-order valence-electron chi connectivity index (χ1n) is 6.37. The van der Waals surface area contributed by atoms with Crippen molar-refractivity contribution < 1.29 is 23.1 Å². The van der Waals surface area contributed by atoms with Gasteiger partial charge in [0.25, 0.3) is 0 Å². The van der Waals surface area contributed by atoms with Gasteiger partial charge in [-0.2, -0.15) is 0 Å². The molecule has 112 valence electrons. The number of nitrogens with one attached hydrogen (secondary N) is 1. The third kappa shape index (κ3) is 3.38. The summed E-state index contributed by atoms with van der Waals surface area (Å²) in [5.74, 6) is -0.952. The van der Waals surface area contributed by atoms with Crippen LogP contribution < -0.4 is 4.72 Å². The van der Waals surface area contributed by atoms with Crippen LogP contribution in [-0.4, -0.2) is 38.7 Å². The molecule has 2 heterocycles. The Morgan fingerprint density at radius 3 is 2.95 bits per heavy atom. The van der Waals surface area contributed by atoms with E-state index in [4.69, 9.17) is 9.84 Å². The summed E-state index contributed by atoms with van der Waals surface area (Å²) in [4.78, 5) is 10.8. The maximum absolute atomic E-state index is 12.1. The van der Waals surface area contributed by atoms with E-state index in [2.05, 4.69) is 4.72 Å². The maximum atomic E-state index is 12.1. The Labute approximate surface area is 121 Å². The lowest BCUT2D eigenvalue weighted by molar-refractivity contribution is 0.0697. The minimum absolute atomic E-state index is 0.00832. The van der Waals surface area contributed by atoms with E-state index < -0.39 is 16.0 Å². The van der Waals surface area contributed by atoms with E-state index in [9.17, 15) is 13.2 Å². The first kappa shape index (κ1) is 15.4. The van der Waals surface area contributed by atoms with Crippen molar-refractivity contribution in [2.45, 2.75) is 30.1 Å². The Bertz CT molecular complexity index is 580. The van der Waals surface area contributed by atoms with Gasteiger partial charge in [0.1, 0.15) is 4.21 Å². The van der Waals surface area contributed by atoms with E-state index in [1.165, 1.54) is 11.4 Å². The van der Waals surface area contributed by atoms with Crippen LogP contribution in [0.4, 0.5) is 0 Å². The van der Waals surface area contributed by atoms with E-state index in [-0.39, 0.29) is 21.8 Å². The van der Waals surface area contributed by atoms with Crippen molar-refractivity contribution in [3.63, 3.8) is 0 Å². The topological polar surface area (TPSA) is 92.7 Å². The molecule has 0 amide bonds. The Morgan fingerprint density at radius 1 is 1.60 bits per heavy atom. The molecule has 0 spiro atoms. The fourth-order valence-electron chi connectivity index (χ4n) is 2.23. The summed E-state index contributed by atoms with van der Waals surface area (Å²) in [5, 5.41) is 10.1. The average Bonchev–Trinajstić information content (AvgIpc) is 3.05. The lowest BCUT2D eigenvalue weighted by Crippen LogP contribution is -2.32. The van der Waals surface area contributed by atoms with Crippen LogP contribution in [0, 0.1) is 5.92 Å². The number of carboxylic acid groups (broad SMARTS) is 1. The van der Waals surface area contributed by atoms with Gasteiger partial charge in [-0.05, 0) is 18.9 Å². The molecule has 20 heavy (non-hydrogen) atoms. The molecule has 2 unspecified atom stereocenters. The number of aromatic carboxylic acids is 1. The normalized spacial score (nSPS) is 23.1. The van der Waals surface area contributed by atoms with E-state index in [1.54, 1.807) is 0 Å². The van der Waals surface area contributed by atoms with Gasteiger partial charge in [-0.3, -0.25) is 0 Å². The summed E-state index contributed by atoms with van der Waals surface area (Å²) in [6.07, 6.45) is 1.79. The van der Waals surface area contributed by atoms with E-state index in [0.717, 1.165) is 24.2 Å². The highest BCUT2D eigenvalue weighted by Crippen LogP contribution is 2.24. The molecule has 2 rings (SSSR count). The number of sulfonamides is 1. The predicted octanol–water partition coefficient (Wildman–Crippen LogP) is 1.54. The molecule has 8 heteroatoms. The second-order valence-corrected chi connectivity index (χ2v) is 7.58. The van der Waals surface area contributed by atoms with Gasteiger partial charge in [-0.15, -0.1) is 11.3 Å². The molecule has 0 radical (unpaired) electrons. The summed E-state index contributed by atoms with van der Waals surface area (Å²) in [6.45, 7) is 2.99. The predicted molar refractivity (Wildman–Crippen MR) is 74.6 cm³/mol. The number of hydrogen-bond donors (Lipinski definition) is 2. The van der Waals surface area contributed by atoms with Crippen LogP contribution in [-0.2, 0) is 14.8 Å².